The molecule has 0 rings (SSSR count). The molecule has 0 amide bonds. The highest BCUT2D eigenvalue weighted by Gasteiger charge is 2.29. The van der Waals surface area contributed by atoms with Crippen LogP contribution < -0.4 is 40.8 Å². The molecule has 0 saturated carbocycles. The Hall–Kier alpha value is 0.100. The van der Waals surface area contributed by atoms with Crippen LogP contribution in [0, 0.1) is 0 Å². The van der Waals surface area contributed by atoms with Gasteiger partial charge in [-0.15, -0.1) is 0 Å². The third kappa shape index (κ3) is 50.6. The number of aliphatic hydroxyl groups is 1. The summed E-state index contributed by atoms with van der Waals surface area (Å²) < 4.78 is 19.9. The molecule has 9 N–H and O–H groups in total. The predicted molar refractivity (Wildman–Crippen MR) is 192 cm³/mol. The van der Waals surface area contributed by atoms with E-state index in [-0.39, 0.29) is 6.92 Å². The quantitative estimate of drug-likeness (QED) is 0.0647. The lowest BCUT2D eigenvalue weighted by molar-refractivity contribution is -0.655. The van der Waals surface area contributed by atoms with Crippen LogP contribution >= 0.6 is 15.2 Å². The molecular weight excluding hydrogens is 638 g/mol. The summed E-state index contributed by atoms with van der Waals surface area (Å²) >= 11 is 0. The van der Waals surface area contributed by atoms with Gasteiger partial charge in [0.2, 0.25) is 0 Å². The number of hydrogen-bond acceptors (Lipinski definition) is 7. The van der Waals surface area contributed by atoms with Gasteiger partial charge in [-0.1, -0.05) is 107 Å². The van der Waals surface area contributed by atoms with Crippen molar-refractivity contribution in [1.29, 1.82) is 0 Å². The SMILES string of the molecule is CC(O)(P(=O)([O-])[O-])P(=O)([O-])[O-].CCCC[NH2+]CCCC.CCCC[NH2+]CCCC.CCCC[NH2+]CCCC.CCCC[NH2+]CCCC. The Morgan fingerprint density at radius 1 is 0.404 bits per heavy atom. The molecule has 0 radical (unpaired) electrons. The lowest BCUT2D eigenvalue weighted by Gasteiger charge is -2.53. The maximum atomic E-state index is 9.95. The first-order chi connectivity index (χ1) is 22.2. The summed E-state index contributed by atoms with van der Waals surface area (Å²) in [7, 11) is -11.6. The maximum Gasteiger partial charge on any atom is 0.114 e. The van der Waals surface area contributed by atoms with Crippen molar-refractivity contribution in [1.82, 2.24) is 0 Å². The predicted octanol–water partition coefficient (Wildman–Crippen LogP) is 1.08. The number of rotatable bonds is 26. The average Bonchev–Trinajstić information content (AvgIpc) is 3.01. The summed E-state index contributed by atoms with van der Waals surface area (Å²) in [6.07, 6.45) is 21.7. The average molecular weight is 723 g/mol. The van der Waals surface area contributed by atoms with Crippen LogP contribution in [0.4, 0.5) is 0 Å². The fourth-order valence-electron chi connectivity index (χ4n) is 3.52. The summed E-state index contributed by atoms with van der Waals surface area (Å²) in [6.45, 7) is 28.7. The van der Waals surface area contributed by atoms with E-state index in [1.165, 1.54) is 155 Å². The minimum atomic E-state index is -5.82. The summed E-state index contributed by atoms with van der Waals surface area (Å²) in [5, 5.41) is 14.4. The molecule has 0 spiro atoms. The van der Waals surface area contributed by atoms with Gasteiger partial charge in [0.1, 0.15) is 5.08 Å². The largest absolute Gasteiger partial charge is 0.808 e. The molecule has 47 heavy (non-hydrogen) atoms. The normalized spacial score (nSPS) is 11.2. The van der Waals surface area contributed by atoms with Crippen LogP contribution in [0.5, 0.6) is 0 Å². The fourth-order valence-corrected chi connectivity index (χ4v) is 4.72. The van der Waals surface area contributed by atoms with Gasteiger partial charge in [0.05, 0.1) is 52.4 Å². The van der Waals surface area contributed by atoms with Crippen LogP contribution in [0.25, 0.3) is 0 Å². The van der Waals surface area contributed by atoms with Crippen molar-refractivity contribution in [2.24, 2.45) is 0 Å². The van der Waals surface area contributed by atoms with E-state index in [9.17, 15) is 28.7 Å². The minimum absolute atomic E-state index is 0.133. The molecule has 0 saturated heterocycles. The van der Waals surface area contributed by atoms with Crippen LogP contribution in [0.15, 0.2) is 0 Å². The second kappa shape index (κ2) is 44.1. The first-order valence-electron chi connectivity index (χ1n) is 19.2. The van der Waals surface area contributed by atoms with Crippen LogP contribution in [0.3, 0.4) is 0 Å². The van der Waals surface area contributed by atoms with Crippen molar-refractivity contribution in [3.05, 3.63) is 0 Å². The van der Waals surface area contributed by atoms with Gasteiger partial charge >= 0.3 is 0 Å². The Kier molecular flexibility index (Phi) is 53.0. The van der Waals surface area contributed by atoms with Crippen molar-refractivity contribution in [3.63, 3.8) is 0 Å². The Bertz CT molecular complexity index is 548. The molecule has 292 valence electrons. The third-order valence-corrected chi connectivity index (χ3v) is 10.7. The molecule has 0 aromatic rings. The monoisotopic (exact) mass is 723 g/mol. The molecule has 0 aliphatic carbocycles. The molecular formula is C34H84N4O7P2. The molecule has 0 aliphatic rings. The topological polar surface area (TPSA) is 213 Å². The van der Waals surface area contributed by atoms with E-state index >= 15 is 0 Å². The lowest BCUT2D eigenvalue weighted by atomic mass is 10.3. The standard InChI is InChI=1S/4C8H19N.C2H8O7P2/c4*1-3-5-7-9-8-6-4-2;1-2(3,10(4,5)6)11(7,8)9/h4*9H,3-8H2,1-2H3;3H,1H3,(H2,4,5,6)(H2,7,8,9). The number of quaternary nitrogens is 4. The molecule has 0 aromatic heterocycles. The first-order valence-corrected chi connectivity index (χ1v) is 22.3. The summed E-state index contributed by atoms with van der Waals surface area (Å²) in [4.78, 5) is 39.8. The van der Waals surface area contributed by atoms with Crippen molar-refractivity contribution in [2.45, 2.75) is 170 Å². The van der Waals surface area contributed by atoms with E-state index in [1.54, 1.807) is 0 Å². The zero-order valence-corrected chi connectivity index (χ0v) is 34.4. The van der Waals surface area contributed by atoms with Gasteiger partial charge in [0.25, 0.3) is 0 Å². The smallest absolute Gasteiger partial charge is 0.114 e. The van der Waals surface area contributed by atoms with Gasteiger partial charge in [-0.05, 0) is 73.5 Å². The highest BCUT2D eigenvalue weighted by atomic mass is 31.2. The van der Waals surface area contributed by atoms with Gasteiger partial charge in [0.15, 0.2) is 0 Å². The maximum absolute atomic E-state index is 9.95. The molecule has 0 unspecified atom stereocenters. The first kappa shape index (κ1) is 56.5. The lowest BCUT2D eigenvalue weighted by Crippen LogP contribution is -2.84. The van der Waals surface area contributed by atoms with E-state index in [2.05, 4.69) is 76.7 Å². The van der Waals surface area contributed by atoms with E-state index in [0.717, 1.165) is 0 Å². The molecule has 0 heterocycles. The van der Waals surface area contributed by atoms with E-state index in [1.807, 2.05) is 0 Å². The van der Waals surface area contributed by atoms with E-state index < -0.39 is 20.3 Å². The highest BCUT2D eigenvalue weighted by Crippen LogP contribution is 2.58. The second-order valence-corrected chi connectivity index (χ2v) is 16.3. The Labute approximate surface area is 292 Å². The van der Waals surface area contributed by atoms with Crippen molar-refractivity contribution in [2.75, 3.05) is 52.4 Å². The molecule has 0 aliphatic heterocycles. The number of nitrogens with two attached hydrogens (primary N) is 4. The van der Waals surface area contributed by atoms with Gasteiger partial charge in [-0.2, -0.15) is 0 Å². The van der Waals surface area contributed by atoms with E-state index in [0.29, 0.717) is 0 Å². The van der Waals surface area contributed by atoms with Gasteiger partial charge in [0, 0.05) is 0 Å². The minimum Gasteiger partial charge on any atom is -0.808 e. The van der Waals surface area contributed by atoms with Gasteiger partial charge < -0.3 is 55.1 Å². The molecule has 0 atom stereocenters. The van der Waals surface area contributed by atoms with Crippen molar-refractivity contribution in [3.8, 4) is 0 Å². The molecule has 0 bridgehead atoms. The molecule has 0 aromatic carbocycles. The second-order valence-electron chi connectivity index (χ2n) is 12.3. The zero-order valence-electron chi connectivity index (χ0n) is 32.6. The van der Waals surface area contributed by atoms with Crippen molar-refractivity contribution >= 4 is 15.2 Å². The zero-order chi connectivity index (χ0) is 37.3. The summed E-state index contributed by atoms with van der Waals surface area (Å²) in [5.41, 5.74) is 0. The number of hydrogen-bond donors (Lipinski definition) is 5. The highest BCUT2D eigenvalue weighted by molar-refractivity contribution is 7.69. The number of unbranched alkanes of at least 4 members (excludes halogenated alkanes) is 8. The Morgan fingerprint density at radius 3 is 0.596 bits per heavy atom. The Balaban J connectivity index is -0.000000157. The molecule has 0 fully saturated rings. The third-order valence-electron chi connectivity index (χ3n) is 7.13. The molecule has 11 nitrogen and oxygen atoms in total. The van der Waals surface area contributed by atoms with Crippen LogP contribution in [0.1, 0.15) is 165 Å². The fraction of sp³-hybridized carbons (Fsp3) is 1.00. The van der Waals surface area contributed by atoms with Gasteiger partial charge in [-0.3, -0.25) is 0 Å². The Morgan fingerprint density at radius 2 is 0.532 bits per heavy atom. The van der Waals surface area contributed by atoms with Crippen LogP contribution in [0.2, 0.25) is 0 Å². The summed E-state index contributed by atoms with van der Waals surface area (Å²) in [6, 6.07) is 0. The van der Waals surface area contributed by atoms with E-state index in [4.69, 9.17) is 5.11 Å². The van der Waals surface area contributed by atoms with Gasteiger partial charge in [-0.25, -0.2) is 0 Å². The summed E-state index contributed by atoms with van der Waals surface area (Å²) in [5.74, 6) is 0. The van der Waals surface area contributed by atoms with Crippen molar-refractivity contribution < 1.29 is 55.1 Å². The molecule has 13 heteroatoms. The van der Waals surface area contributed by atoms with Crippen LogP contribution in [-0.4, -0.2) is 62.5 Å². The van der Waals surface area contributed by atoms with Crippen LogP contribution in [-0.2, 0) is 9.13 Å².